The molecule has 1 aliphatic heterocycles. The number of ether oxygens (including phenoxy) is 2. The van der Waals surface area contributed by atoms with Crippen LogP contribution in [-0.4, -0.2) is 42.9 Å². The van der Waals surface area contributed by atoms with Crippen molar-refractivity contribution in [3.05, 3.63) is 65.4 Å². The average Bonchev–Trinajstić information content (AvgIpc) is 3.17. The fourth-order valence-electron chi connectivity index (χ4n) is 4.19. The number of fused-ring (bicyclic) bond motifs is 1. The summed E-state index contributed by atoms with van der Waals surface area (Å²) >= 11 is 0. The van der Waals surface area contributed by atoms with Gasteiger partial charge in [0.15, 0.2) is 0 Å². The number of nitrogens with one attached hydrogen (secondary N) is 2. The van der Waals surface area contributed by atoms with Crippen molar-refractivity contribution in [2.75, 3.05) is 26.9 Å². The minimum Gasteiger partial charge on any atom is -0.497 e. The number of benzene rings is 2. The van der Waals surface area contributed by atoms with Gasteiger partial charge < -0.3 is 24.9 Å². The zero-order valence-corrected chi connectivity index (χ0v) is 17.2. The Morgan fingerprint density at radius 1 is 1.23 bits per heavy atom. The number of hydrogen-bond acceptors (Lipinski definition) is 4. The van der Waals surface area contributed by atoms with Crippen LogP contribution in [0.1, 0.15) is 29.5 Å². The van der Waals surface area contributed by atoms with Crippen LogP contribution in [0.2, 0.25) is 0 Å². The molecule has 1 fully saturated rings. The van der Waals surface area contributed by atoms with Crippen LogP contribution in [0.25, 0.3) is 10.9 Å². The van der Waals surface area contributed by atoms with Crippen molar-refractivity contribution in [2.45, 2.75) is 31.3 Å². The SMILES string of the molecule is COc1cccc(CC(=O)NCCc2c[nH]c3cccc(C4(O)CCOCC4)c23)c1. The van der Waals surface area contributed by atoms with E-state index >= 15 is 0 Å². The van der Waals surface area contributed by atoms with Crippen LogP contribution in [0.4, 0.5) is 0 Å². The minimum atomic E-state index is -0.871. The van der Waals surface area contributed by atoms with E-state index in [1.807, 2.05) is 48.7 Å². The molecule has 3 aromatic rings. The molecule has 1 aromatic heterocycles. The average molecular weight is 408 g/mol. The summed E-state index contributed by atoms with van der Waals surface area (Å²) in [6.45, 7) is 1.66. The number of aliphatic hydroxyl groups is 1. The summed E-state index contributed by atoms with van der Waals surface area (Å²) in [6, 6.07) is 13.5. The van der Waals surface area contributed by atoms with Gasteiger partial charge in [-0.1, -0.05) is 24.3 Å². The molecule has 158 valence electrons. The molecular weight excluding hydrogens is 380 g/mol. The Kier molecular flexibility index (Phi) is 6.06. The summed E-state index contributed by atoms with van der Waals surface area (Å²) < 4.78 is 10.7. The monoisotopic (exact) mass is 408 g/mol. The molecule has 30 heavy (non-hydrogen) atoms. The molecule has 0 aliphatic carbocycles. The molecule has 1 amide bonds. The van der Waals surface area contributed by atoms with Crippen molar-refractivity contribution < 1.29 is 19.4 Å². The van der Waals surface area contributed by atoms with E-state index in [-0.39, 0.29) is 5.91 Å². The number of carbonyl (C=O) groups excluding carboxylic acids is 1. The van der Waals surface area contributed by atoms with E-state index in [1.165, 1.54) is 0 Å². The lowest BCUT2D eigenvalue weighted by molar-refractivity contribution is -0.120. The molecule has 1 saturated heterocycles. The first kappa shape index (κ1) is 20.4. The predicted molar refractivity (Wildman–Crippen MR) is 116 cm³/mol. The third kappa shape index (κ3) is 4.35. The van der Waals surface area contributed by atoms with Crippen molar-refractivity contribution in [1.82, 2.24) is 10.3 Å². The van der Waals surface area contributed by atoms with Gasteiger partial charge in [0.2, 0.25) is 5.91 Å². The first-order chi connectivity index (χ1) is 14.6. The number of rotatable bonds is 7. The van der Waals surface area contributed by atoms with E-state index in [2.05, 4.69) is 10.3 Å². The van der Waals surface area contributed by atoms with Crippen LogP contribution in [0.5, 0.6) is 5.75 Å². The lowest BCUT2D eigenvalue weighted by Gasteiger charge is -2.33. The highest BCUT2D eigenvalue weighted by Gasteiger charge is 2.33. The lowest BCUT2D eigenvalue weighted by atomic mass is 9.83. The molecule has 4 rings (SSSR count). The number of H-pyrrole nitrogens is 1. The Morgan fingerprint density at radius 2 is 2.03 bits per heavy atom. The normalized spacial score (nSPS) is 15.8. The molecule has 0 atom stereocenters. The van der Waals surface area contributed by atoms with Crippen LogP contribution in [-0.2, 0) is 28.0 Å². The highest BCUT2D eigenvalue weighted by Crippen LogP contribution is 2.37. The molecule has 2 heterocycles. The topological polar surface area (TPSA) is 83.6 Å². The Morgan fingerprint density at radius 3 is 2.83 bits per heavy atom. The zero-order chi connectivity index (χ0) is 21.0. The Hall–Kier alpha value is -2.83. The second-order valence-electron chi connectivity index (χ2n) is 7.81. The number of carbonyl (C=O) groups is 1. The van der Waals surface area contributed by atoms with E-state index in [0.29, 0.717) is 45.4 Å². The largest absolute Gasteiger partial charge is 0.497 e. The highest BCUT2D eigenvalue weighted by atomic mass is 16.5. The number of aromatic nitrogens is 1. The summed E-state index contributed by atoms with van der Waals surface area (Å²) in [4.78, 5) is 15.7. The summed E-state index contributed by atoms with van der Waals surface area (Å²) in [5.74, 6) is 0.726. The highest BCUT2D eigenvalue weighted by molar-refractivity contribution is 5.87. The number of aromatic amines is 1. The summed E-state index contributed by atoms with van der Waals surface area (Å²) in [6.07, 6.45) is 4.16. The summed E-state index contributed by atoms with van der Waals surface area (Å²) in [5.41, 5.74) is 3.10. The molecule has 0 spiro atoms. The van der Waals surface area contributed by atoms with Gasteiger partial charge in [-0.15, -0.1) is 0 Å². The number of methoxy groups -OCH3 is 1. The molecule has 1 aliphatic rings. The molecular formula is C24H28N2O4. The van der Waals surface area contributed by atoms with Gasteiger partial charge >= 0.3 is 0 Å². The summed E-state index contributed by atoms with van der Waals surface area (Å²) in [5, 5.41) is 15.3. The second kappa shape index (κ2) is 8.90. The van der Waals surface area contributed by atoms with E-state index in [9.17, 15) is 9.90 Å². The first-order valence-electron chi connectivity index (χ1n) is 10.4. The first-order valence-corrected chi connectivity index (χ1v) is 10.4. The van der Waals surface area contributed by atoms with Gasteiger partial charge in [0.25, 0.3) is 0 Å². The fraction of sp³-hybridized carbons (Fsp3) is 0.375. The van der Waals surface area contributed by atoms with Crippen molar-refractivity contribution in [1.29, 1.82) is 0 Å². The Balaban J connectivity index is 1.43. The van der Waals surface area contributed by atoms with Crippen molar-refractivity contribution in [3.63, 3.8) is 0 Å². The molecule has 0 bridgehead atoms. The standard InChI is InChI=1S/C24H28N2O4/c1-29-19-5-2-4-17(14-19)15-22(27)25-11-8-18-16-26-21-7-3-6-20(23(18)21)24(28)9-12-30-13-10-24/h2-7,14,16,26,28H,8-13,15H2,1H3,(H,25,27). The van der Waals surface area contributed by atoms with Gasteiger partial charge in [0.05, 0.1) is 19.1 Å². The van der Waals surface area contributed by atoms with Gasteiger partial charge in [-0.25, -0.2) is 0 Å². The summed E-state index contributed by atoms with van der Waals surface area (Å²) in [7, 11) is 1.62. The van der Waals surface area contributed by atoms with E-state index in [1.54, 1.807) is 7.11 Å². The maximum atomic E-state index is 12.4. The molecule has 2 aromatic carbocycles. The van der Waals surface area contributed by atoms with Crippen molar-refractivity contribution >= 4 is 16.8 Å². The maximum absolute atomic E-state index is 12.4. The Labute approximate surface area is 176 Å². The molecule has 0 radical (unpaired) electrons. The van der Waals surface area contributed by atoms with Crippen LogP contribution in [0, 0.1) is 0 Å². The fourth-order valence-corrected chi connectivity index (χ4v) is 4.19. The van der Waals surface area contributed by atoms with E-state index in [4.69, 9.17) is 9.47 Å². The molecule has 6 nitrogen and oxygen atoms in total. The maximum Gasteiger partial charge on any atom is 0.224 e. The van der Waals surface area contributed by atoms with Crippen LogP contribution in [0.15, 0.2) is 48.7 Å². The van der Waals surface area contributed by atoms with Crippen LogP contribution in [0.3, 0.4) is 0 Å². The molecule has 3 N–H and O–H groups in total. The van der Waals surface area contributed by atoms with Crippen molar-refractivity contribution in [3.8, 4) is 5.75 Å². The smallest absolute Gasteiger partial charge is 0.224 e. The van der Waals surface area contributed by atoms with Gasteiger partial charge in [-0.05, 0) is 41.3 Å². The van der Waals surface area contributed by atoms with E-state index < -0.39 is 5.60 Å². The van der Waals surface area contributed by atoms with Gasteiger partial charge in [0.1, 0.15) is 5.75 Å². The van der Waals surface area contributed by atoms with Gasteiger partial charge in [-0.2, -0.15) is 0 Å². The predicted octanol–water partition coefficient (Wildman–Crippen LogP) is 3.08. The molecule has 0 saturated carbocycles. The van der Waals surface area contributed by atoms with Crippen LogP contribution >= 0.6 is 0 Å². The minimum absolute atomic E-state index is 0.0219. The number of amides is 1. The van der Waals surface area contributed by atoms with Crippen LogP contribution < -0.4 is 10.1 Å². The lowest BCUT2D eigenvalue weighted by Crippen LogP contribution is -2.33. The van der Waals surface area contributed by atoms with Crippen molar-refractivity contribution in [2.24, 2.45) is 0 Å². The zero-order valence-electron chi connectivity index (χ0n) is 17.2. The third-order valence-electron chi connectivity index (χ3n) is 5.82. The number of hydrogen-bond donors (Lipinski definition) is 3. The Bertz CT molecular complexity index is 1020. The quantitative estimate of drug-likeness (QED) is 0.561. The van der Waals surface area contributed by atoms with Gasteiger partial charge in [-0.3, -0.25) is 4.79 Å². The second-order valence-corrected chi connectivity index (χ2v) is 7.81. The molecule has 6 heteroatoms. The third-order valence-corrected chi connectivity index (χ3v) is 5.82. The van der Waals surface area contributed by atoms with Gasteiger partial charge in [0, 0.05) is 49.7 Å². The molecule has 0 unspecified atom stereocenters. The van der Waals surface area contributed by atoms with E-state index in [0.717, 1.165) is 33.3 Å².